The summed E-state index contributed by atoms with van der Waals surface area (Å²) in [5, 5.41) is 0. The van der Waals surface area contributed by atoms with Crippen molar-refractivity contribution in [2.24, 2.45) is 0 Å². The van der Waals surface area contributed by atoms with Gasteiger partial charge in [-0.2, -0.15) is 0 Å². The van der Waals surface area contributed by atoms with E-state index in [9.17, 15) is 0 Å². The van der Waals surface area contributed by atoms with Gasteiger partial charge in [0.05, 0.1) is 0 Å². The van der Waals surface area contributed by atoms with Crippen LogP contribution in [-0.4, -0.2) is 0 Å². The number of anilines is 6. The summed E-state index contributed by atoms with van der Waals surface area (Å²) < 4.78 is 0. The van der Waals surface area contributed by atoms with E-state index < -0.39 is 0 Å². The normalized spacial score (nSPS) is 11.1. The molecule has 0 aliphatic rings. The molecule has 10 aromatic rings. The molecule has 2 aromatic heterocycles. The molecule has 0 amide bonds. The van der Waals surface area contributed by atoms with E-state index in [1.165, 1.54) is 52.9 Å². The summed E-state index contributed by atoms with van der Waals surface area (Å²) >= 11 is 3.66. The van der Waals surface area contributed by atoms with Crippen LogP contribution in [0, 0.1) is 13.8 Å². The first-order valence-electron chi connectivity index (χ1n) is 21.0. The van der Waals surface area contributed by atoms with Gasteiger partial charge in [-0.05, 0) is 155 Å². The van der Waals surface area contributed by atoms with Crippen molar-refractivity contribution in [2.45, 2.75) is 13.8 Å². The van der Waals surface area contributed by atoms with Gasteiger partial charge < -0.3 is 9.80 Å². The van der Waals surface area contributed by atoms with Crippen LogP contribution < -0.4 is 9.80 Å². The zero-order valence-corrected chi connectivity index (χ0v) is 36.3. The number of benzene rings is 8. The van der Waals surface area contributed by atoms with Crippen LogP contribution in [0.25, 0.3) is 54.3 Å². The first-order valence-corrected chi connectivity index (χ1v) is 22.6. The smallest absolute Gasteiger partial charge is 0.0462 e. The van der Waals surface area contributed by atoms with Gasteiger partial charge in [0.15, 0.2) is 0 Å². The zero-order chi connectivity index (χ0) is 41.8. The Kier molecular flexibility index (Phi) is 10.9. The molecule has 0 saturated heterocycles. The number of hydrogen-bond acceptors (Lipinski definition) is 4. The Morgan fingerprint density at radius 1 is 0.226 bits per heavy atom. The highest BCUT2D eigenvalue weighted by atomic mass is 32.1. The molecule has 0 saturated carbocycles. The van der Waals surface area contributed by atoms with Crippen molar-refractivity contribution in [2.75, 3.05) is 9.80 Å². The highest BCUT2D eigenvalue weighted by Crippen LogP contribution is 2.41. The van der Waals surface area contributed by atoms with E-state index in [2.05, 4.69) is 254 Å². The lowest BCUT2D eigenvalue weighted by molar-refractivity contribution is 1.28. The Balaban J connectivity index is 0.959. The minimum Gasteiger partial charge on any atom is -0.311 e. The summed E-state index contributed by atoms with van der Waals surface area (Å²) in [4.78, 5) is 9.90. The Hall–Kier alpha value is -7.24. The average Bonchev–Trinajstić information content (AvgIpc) is 3.99. The first kappa shape index (κ1) is 38.9. The molecule has 0 bridgehead atoms. The molecule has 10 rings (SSSR count). The van der Waals surface area contributed by atoms with Gasteiger partial charge in [-0.3, -0.25) is 0 Å². The molecular weight excluding hydrogens is 789 g/mol. The van der Waals surface area contributed by atoms with Crippen LogP contribution in [0.15, 0.2) is 231 Å². The van der Waals surface area contributed by atoms with Crippen LogP contribution in [0.3, 0.4) is 0 Å². The lowest BCUT2D eigenvalue weighted by Crippen LogP contribution is -2.10. The minimum atomic E-state index is 1.10. The molecule has 62 heavy (non-hydrogen) atoms. The van der Waals surface area contributed by atoms with Crippen molar-refractivity contribution in [1.29, 1.82) is 0 Å². The second-order valence-corrected chi connectivity index (χ2v) is 18.1. The van der Waals surface area contributed by atoms with Crippen molar-refractivity contribution in [3.63, 3.8) is 0 Å². The molecule has 2 heterocycles. The molecule has 298 valence electrons. The van der Waals surface area contributed by atoms with Gasteiger partial charge in [-0.25, -0.2) is 0 Å². The molecule has 0 aliphatic heterocycles. The van der Waals surface area contributed by atoms with Crippen LogP contribution in [0.4, 0.5) is 34.1 Å². The lowest BCUT2D eigenvalue weighted by atomic mass is 10.0. The fourth-order valence-electron chi connectivity index (χ4n) is 8.10. The van der Waals surface area contributed by atoms with Gasteiger partial charge in [0.2, 0.25) is 0 Å². The van der Waals surface area contributed by atoms with Crippen molar-refractivity contribution in [1.82, 2.24) is 0 Å². The van der Waals surface area contributed by atoms with E-state index in [4.69, 9.17) is 0 Å². The summed E-state index contributed by atoms with van der Waals surface area (Å²) in [6.45, 7) is 4.32. The van der Waals surface area contributed by atoms with Crippen LogP contribution in [0.2, 0.25) is 0 Å². The summed E-state index contributed by atoms with van der Waals surface area (Å²) in [7, 11) is 0. The molecule has 0 N–H and O–H groups in total. The molecule has 0 aliphatic carbocycles. The van der Waals surface area contributed by atoms with Crippen LogP contribution in [0.1, 0.15) is 9.75 Å². The maximum Gasteiger partial charge on any atom is 0.0462 e. The van der Waals surface area contributed by atoms with Crippen molar-refractivity contribution < 1.29 is 0 Å². The van der Waals surface area contributed by atoms with E-state index in [-0.39, 0.29) is 0 Å². The molecule has 8 aromatic carbocycles. The maximum absolute atomic E-state index is 2.34. The Morgan fingerprint density at radius 3 is 0.677 bits per heavy atom. The molecule has 0 radical (unpaired) electrons. The molecular formula is C58H44N2S2. The topological polar surface area (TPSA) is 6.48 Å². The molecule has 0 fully saturated rings. The van der Waals surface area contributed by atoms with Gasteiger partial charge in [0.1, 0.15) is 0 Å². The van der Waals surface area contributed by atoms with Crippen molar-refractivity contribution >= 4 is 56.8 Å². The monoisotopic (exact) mass is 832 g/mol. The lowest BCUT2D eigenvalue weighted by Gasteiger charge is -2.26. The van der Waals surface area contributed by atoms with Crippen LogP contribution in [0.5, 0.6) is 0 Å². The van der Waals surface area contributed by atoms with E-state index in [0.717, 1.165) is 45.3 Å². The predicted octanol–water partition coefficient (Wildman–Crippen LogP) is 17.7. The summed E-state index contributed by atoms with van der Waals surface area (Å²) in [5.41, 5.74) is 16.3. The van der Waals surface area contributed by atoms with Crippen LogP contribution >= 0.6 is 22.7 Å². The van der Waals surface area contributed by atoms with E-state index in [0.29, 0.717) is 0 Å². The minimum absolute atomic E-state index is 1.10. The third kappa shape index (κ3) is 8.27. The Morgan fingerprint density at radius 2 is 0.452 bits per heavy atom. The second-order valence-electron chi connectivity index (χ2n) is 15.5. The van der Waals surface area contributed by atoms with Gasteiger partial charge in [0.25, 0.3) is 0 Å². The number of aryl methyl sites for hydroxylation is 2. The summed E-state index contributed by atoms with van der Waals surface area (Å²) in [5.74, 6) is 0. The van der Waals surface area contributed by atoms with E-state index in [1.807, 2.05) is 22.7 Å². The number of nitrogens with zero attached hydrogens (tertiary/aromatic N) is 2. The maximum atomic E-state index is 2.34. The Bertz CT molecular complexity index is 2810. The highest BCUT2D eigenvalue weighted by Gasteiger charge is 2.16. The molecule has 0 spiro atoms. The van der Waals surface area contributed by atoms with Crippen molar-refractivity contribution in [3.8, 4) is 54.3 Å². The third-order valence-electron chi connectivity index (χ3n) is 11.4. The Labute approximate surface area is 372 Å². The van der Waals surface area contributed by atoms with Gasteiger partial charge in [-0.15, -0.1) is 22.7 Å². The standard InChI is InChI=1S/C58H44N2S2/c1-41-13-39-57(61-41)49-23-35-55(36-24-49)59(51-27-15-45(16-28-51)43-9-5-3-6-10-43)53-31-19-47(20-32-53)48-21-33-54(34-22-48)60(52-29-17-46(18-30-52)44-11-7-4-8-12-44)56-37-25-50(26-38-56)58-40-14-42(2)62-58/h3-40H,1-2H3. The molecule has 2 nitrogen and oxygen atoms in total. The predicted molar refractivity (Wildman–Crippen MR) is 268 cm³/mol. The summed E-state index contributed by atoms with van der Waals surface area (Å²) in [6, 6.07) is 83.5. The van der Waals surface area contributed by atoms with Gasteiger partial charge >= 0.3 is 0 Å². The molecule has 4 heteroatoms. The van der Waals surface area contributed by atoms with Crippen molar-refractivity contribution in [3.05, 3.63) is 240 Å². The summed E-state index contributed by atoms with van der Waals surface area (Å²) in [6.07, 6.45) is 0. The molecule has 0 unspecified atom stereocenters. The number of rotatable bonds is 11. The zero-order valence-electron chi connectivity index (χ0n) is 34.7. The van der Waals surface area contributed by atoms with Gasteiger partial charge in [0, 0.05) is 53.6 Å². The van der Waals surface area contributed by atoms with Gasteiger partial charge in [-0.1, -0.05) is 133 Å². The highest BCUT2D eigenvalue weighted by molar-refractivity contribution is 7.15. The van der Waals surface area contributed by atoms with E-state index >= 15 is 0 Å². The first-order chi connectivity index (χ1) is 30.5. The SMILES string of the molecule is Cc1ccc(-c2ccc(N(c3ccc(-c4ccccc4)cc3)c3ccc(-c4ccc(N(c5ccc(-c6ccccc6)cc5)c5ccc(-c6ccc(C)s6)cc5)cc4)cc3)cc2)s1. The number of thiophene rings is 2. The molecule has 0 atom stereocenters. The third-order valence-corrected chi connectivity index (χ3v) is 13.4. The number of hydrogen-bond donors (Lipinski definition) is 0. The second kappa shape index (κ2) is 17.4. The fraction of sp³-hybridized carbons (Fsp3) is 0.0345. The van der Waals surface area contributed by atoms with Crippen LogP contribution in [-0.2, 0) is 0 Å². The fourth-order valence-corrected chi connectivity index (χ4v) is 9.84. The average molecular weight is 833 g/mol. The quantitative estimate of drug-likeness (QED) is 0.128. The largest absolute Gasteiger partial charge is 0.311 e. The van der Waals surface area contributed by atoms with E-state index in [1.54, 1.807) is 0 Å².